The Hall–Kier alpha value is -3.46. The molecule has 5 rings (SSSR count). The van der Waals surface area contributed by atoms with E-state index >= 15 is 0 Å². The number of benzene rings is 1. The molecule has 4 heterocycles. The Kier molecular flexibility index (Phi) is 3.66. The number of rotatable bonds is 4. The standard InChI is InChI=1S/C20H19N5O4/c1-10-15-16(20(24-10,19(28)29)6-11-7-21-9-23-11)18(27)25(17(15)26)14-8-22-13-5-3-2-4-12(13)14/h2-5,7-10,15-16,22,24H,6H2,1H3,(H,21,23)(H,28,29)/t10?,15-,16+,20?/m0/s1. The molecule has 2 saturated heterocycles. The summed E-state index contributed by atoms with van der Waals surface area (Å²) < 4.78 is 0. The lowest BCUT2D eigenvalue weighted by Gasteiger charge is -2.30. The van der Waals surface area contributed by atoms with Crippen molar-refractivity contribution in [3.05, 3.63) is 48.7 Å². The first-order valence-corrected chi connectivity index (χ1v) is 9.36. The Labute approximate surface area is 165 Å². The number of imide groups is 1. The number of carboxylic acid groups (broad SMARTS) is 1. The molecule has 0 aliphatic carbocycles. The number of amides is 2. The average Bonchev–Trinajstić information content (AvgIpc) is 3.44. The molecule has 29 heavy (non-hydrogen) atoms. The minimum absolute atomic E-state index is 0.0224. The highest BCUT2D eigenvalue weighted by Crippen LogP contribution is 2.46. The summed E-state index contributed by atoms with van der Waals surface area (Å²) in [7, 11) is 0. The fraction of sp³-hybridized carbons (Fsp3) is 0.300. The van der Waals surface area contributed by atoms with Gasteiger partial charge in [0.2, 0.25) is 11.8 Å². The van der Waals surface area contributed by atoms with Gasteiger partial charge < -0.3 is 15.1 Å². The van der Waals surface area contributed by atoms with Crippen LogP contribution >= 0.6 is 0 Å². The van der Waals surface area contributed by atoms with E-state index in [9.17, 15) is 19.5 Å². The zero-order valence-corrected chi connectivity index (χ0v) is 15.5. The lowest BCUT2D eigenvalue weighted by molar-refractivity contribution is -0.148. The summed E-state index contributed by atoms with van der Waals surface area (Å²) in [6.45, 7) is 1.75. The van der Waals surface area contributed by atoms with Gasteiger partial charge in [-0.15, -0.1) is 0 Å². The number of hydrogen-bond acceptors (Lipinski definition) is 5. The Morgan fingerprint density at radius 2 is 2.03 bits per heavy atom. The first-order valence-electron chi connectivity index (χ1n) is 9.36. The molecule has 2 unspecified atom stereocenters. The maximum Gasteiger partial charge on any atom is 0.325 e. The van der Waals surface area contributed by atoms with E-state index in [4.69, 9.17) is 0 Å². The van der Waals surface area contributed by atoms with Crippen LogP contribution in [-0.4, -0.2) is 49.4 Å². The van der Waals surface area contributed by atoms with Gasteiger partial charge in [0, 0.05) is 41.5 Å². The van der Waals surface area contributed by atoms with E-state index in [1.165, 1.54) is 12.5 Å². The second-order valence-corrected chi connectivity index (χ2v) is 7.70. The van der Waals surface area contributed by atoms with Crippen molar-refractivity contribution in [2.24, 2.45) is 11.8 Å². The molecule has 148 valence electrons. The van der Waals surface area contributed by atoms with Gasteiger partial charge in [-0.3, -0.25) is 19.7 Å². The number of aromatic nitrogens is 3. The monoisotopic (exact) mass is 393 g/mol. The largest absolute Gasteiger partial charge is 0.480 e. The zero-order chi connectivity index (χ0) is 20.3. The summed E-state index contributed by atoms with van der Waals surface area (Å²) in [5.41, 5.74) is 0.245. The summed E-state index contributed by atoms with van der Waals surface area (Å²) in [5, 5.41) is 13.9. The molecule has 2 fully saturated rings. The van der Waals surface area contributed by atoms with Gasteiger partial charge in [-0.25, -0.2) is 9.88 Å². The average molecular weight is 393 g/mol. The lowest BCUT2D eigenvalue weighted by atomic mass is 9.77. The minimum Gasteiger partial charge on any atom is -0.480 e. The van der Waals surface area contributed by atoms with Crippen molar-refractivity contribution in [2.45, 2.75) is 24.9 Å². The smallest absolute Gasteiger partial charge is 0.325 e. The van der Waals surface area contributed by atoms with Crippen LogP contribution in [0.3, 0.4) is 0 Å². The zero-order valence-electron chi connectivity index (χ0n) is 15.5. The molecule has 2 aromatic heterocycles. The van der Waals surface area contributed by atoms with Crippen molar-refractivity contribution < 1.29 is 19.5 Å². The Morgan fingerprint density at radius 1 is 1.24 bits per heavy atom. The van der Waals surface area contributed by atoms with Gasteiger partial charge in [0.05, 0.1) is 23.9 Å². The number of anilines is 1. The molecule has 0 bridgehead atoms. The topological polar surface area (TPSA) is 131 Å². The summed E-state index contributed by atoms with van der Waals surface area (Å²) in [6, 6.07) is 6.90. The number of aromatic amines is 2. The Balaban J connectivity index is 1.62. The molecule has 2 aliphatic rings. The van der Waals surface area contributed by atoms with E-state index in [-0.39, 0.29) is 12.3 Å². The number of para-hydroxylation sites is 1. The summed E-state index contributed by atoms with van der Waals surface area (Å²) >= 11 is 0. The third kappa shape index (κ3) is 2.31. The summed E-state index contributed by atoms with van der Waals surface area (Å²) in [4.78, 5) is 50.3. The first kappa shape index (κ1) is 17.6. The first-order chi connectivity index (χ1) is 13.9. The van der Waals surface area contributed by atoms with Gasteiger partial charge in [0.15, 0.2) is 0 Å². The van der Waals surface area contributed by atoms with Crippen LogP contribution in [0.4, 0.5) is 5.69 Å². The van der Waals surface area contributed by atoms with Gasteiger partial charge in [0.1, 0.15) is 5.54 Å². The van der Waals surface area contributed by atoms with E-state index < -0.39 is 35.3 Å². The molecule has 4 N–H and O–H groups in total. The molecular formula is C20H19N5O4. The van der Waals surface area contributed by atoms with E-state index in [1.54, 1.807) is 13.1 Å². The number of H-pyrrole nitrogens is 2. The van der Waals surface area contributed by atoms with Crippen molar-refractivity contribution in [3.63, 3.8) is 0 Å². The van der Waals surface area contributed by atoms with Crippen LogP contribution in [0, 0.1) is 11.8 Å². The van der Waals surface area contributed by atoms with Crippen molar-refractivity contribution in [3.8, 4) is 0 Å². The fourth-order valence-electron chi connectivity index (χ4n) is 4.89. The van der Waals surface area contributed by atoms with E-state index in [0.29, 0.717) is 11.4 Å². The number of aliphatic carboxylic acids is 1. The lowest BCUT2D eigenvalue weighted by Crippen LogP contribution is -2.58. The molecule has 0 spiro atoms. The van der Waals surface area contributed by atoms with Gasteiger partial charge in [-0.2, -0.15) is 0 Å². The molecule has 9 heteroatoms. The molecule has 0 radical (unpaired) electrons. The van der Waals surface area contributed by atoms with Gasteiger partial charge in [-0.05, 0) is 13.0 Å². The van der Waals surface area contributed by atoms with Gasteiger partial charge in [0.25, 0.3) is 0 Å². The van der Waals surface area contributed by atoms with Crippen LogP contribution in [-0.2, 0) is 20.8 Å². The minimum atomic E-state index is -1.59. The highest BCUT2D eigenvalue weighted by molar-refractivity contribution is 6.26. The van der Waals surface area contributed by atoms with Crippen LogP contribution in [0.5, 0.6) is 0 Å². The van der Waals surface area contributed by atoms with Gasteiger partial charge in [-0.1, -0.05) is 18.2 Å². The van der Waals surface area contributed by atoms with Crippen molar-refractivity contribution in [1.29, 1.82) is 0 Å². The summed E-state index contributed by atoms with van der Waals surface area (Å²) in [5.74, 6) is -3.80. The van der Waals surface area contributed by atoms with Crippen LogP contribution < -0.4 is 10.2 Å². The molecule has 2 amide bonds. The van der Waals surface area contributed by atoms with Crippen LogP contribution in [0.15, 0.2) is 43.0 Å². The molecule has 4 atom stereocenters. The van der Waals surface area contributed by atoms with Crippen molar-refractivity contribution in [1.82, 2.24) is 20.3 Å². The number of hydrogen-bond donors (Lipinski definition) is 4. The predicted molar refractivity (Wildman–Crippen MR) is 103 cm³/mol. The highest BCUT2D eigenvalue weighted by Gasteiger charge is 2.67. The third-order valence-electron chi connectivity index (χ3n) is 6.12. The van der Waals surface area contributed by atoms with Crippen LogP contribution in [0.2, 0.25) is 0 Å². The summed E-state index contributed by atoms with van der Waals surface area (Å²) in [6.07, 6.45) is 4.63. The molecule has 3 aromatic rings. The SMILES string of the molecule is CC1NC(Cc2cnc[nH]2)(C(=O)O)[C@H]2C(=O)N(c3c[nH]c4ccccc34)C(=O)[C@@H]12. The second kappa shape index (κ2) is 6.02. The second-order valence-electron chi connectivity index (χ2n) is 7.70. The number of carbonyl (C=O) groups is 3. The molecular weight excluding hydrogens is 374 g/mol. The van der Waals surface area contributed by atoms with Gasteiger partial charge >= 0.3 is 5.97 Å². The number of fused-ring (bicyclic) bond motifs is 2. The highest BCUT2D eigenvalue weighted by atomic mass is 16.4. The quantitative estimate of drug-likeness (QED) is 0.490. The number of nitrogens with zero attached hydrogens (tertiary/aromatic N) is 2. The molecule has 0 saturated carbocycles. The van der Waals surface area contributed by atoms with E-state index in [2.05, 4.69) is 20.3 Å². The number of imidazole rings is 1. The number of carboxylic acids is 1. The predicted octanol–water partition coefficient (Wildman–Crippen LogP) is 1.05. The van der Waals surface area contributed by atoms with Crippen LogP contribution in [0.25, 0.3) is 10.9 Å². The third-order valence-corrected chi connectivity index (χ3v) is 6.12. The van der Waals surface area contributed by atoms with Crippen molar-refractivity contribution in [2.75, 3.05) is 4.90 Å². The maximum absolute atomic E-state index is 13.5. The fourth-order valence-corrected chi connectivity index (χ4v) is 4.89. The molecule has 1 aromatic carbocycles. The van der Waals surface area contributed by atoms with Crippen molar-refractivity contribution >= 4 is 34.4 Å². The normalized spacial score (nSPS) is 29.0. The van der Waals surface area contributed by atoms with E-state index in [1.807, 2.05) is 24.3 Å². The molecule has 2 aliphatic heterocycles. The Morgan fingerprint density at radius 3 is 2.76 bits per heavy atom. The number of nitrogens with one attached hydrogen (secondary N) is 3. The van der Waals surface area contributed by atoms with E-state index in [0.717, 1.165) is 15.8 Å². The number of carbonyl (C=O) groups excluding carboxylic acids is 2. The maximum atomic E-state index is 13.5. The Bertz CT molecular complexity index is 1140. The molecule has 9 nitrogen and oxygen atoms in total. The van der Waals surface area contributed by atoms with Crippen LogP contribution in [0.1, 0.15) is 12.6 Å².